The molecule has 0 radical (unpaired) electrons. The molecule has 0 saturated carbocycles. The van der Waals surface area contributed by atoms with Crippen LogP contribution in [0.4, 0.5) is 0 Å². The van der Waals surface area contributed by atoms with Crippen molar-refractivity contribution >= 4 is 10.0 Å². The first-order chi connectivity index (χ1) is 10.9. The third-order valence-corrected chi connectivity index (χ3v) is 6.25. The molecule has 5 nitrogen and oxygen atoms in total. The summed E-state index contributed by atoms with van der Waals surface area (Å²) in [5.74, 6) is 0.405. The van der Waals surface area contributed by atoms with Gasteiger partial charge in [-0.1, -0.05) is 26.0 Å². The van der Waals surface area contributed by atoms with Crippen molar-refractivity contribution in [2.45, 2.75) is 31.1 Å². The van der Waals surface area contributed by atoms with Crippen molar-refractivity contribution in [2.75, 3.05) is 46.4 Å². The predicted molar refractivity (Wildman–Crippen MR) is 92.2 cm³/mol. The summed E-state index contributed by atoms with van der Waals surface area (Å²) in [4.78, 5) is 2.70. The van der Waals surface area contributed by atoms with E-state index in [0.29, 0.717) is 23.9 Å². The van der Waals surface area contributed by atoms with E-state index in [0.717, 1.165) is 38.2 Å². The summed E-state index contributed by atoms with van der Waals surface area (Å²) < 4.78 is 32.1. The molecule has 0 atom stereocenters. The Morgan fingerprint density at radius 3 is 2.22 bits per heavy atom. The first-order valence-corrected chi connectivity index (χ1v) is 9.70. The van der Waals surface area contributed by atoms with Gasteiger partial charge in [-0.2, -0.15) is 4.31 Å². The fraction of sp³-hybridized carbons (Fsp3) is 0.647. The van der Waals surface area contributed by atoms with Gasteiger partial charge in [0.1, 0.15) is 0 Å². The highest BCUT2D eigenvalue weighted by molar-refractivity contribution is 7.89. The van der Waals surface area contributed by atoms with Gasteiger partial charge in [0, 0.05) is 46.4 Å². The molecule has 1 fully saturated rings. The van der Waals surface area contributed by atoms with Gasteiger partial charge in [-0.3, -0.25) is 0 Å². The molecule has 2 rings (SSSR count). The second-order valence-electron chi connectivity index (χ2n) is 6.32. The Bertz CT molecular complexity index is 576. The van der Waals surface area contributed by atoms with Crippen molar-refractivity contribution in [3.05, 3.63) is 29.8 Å². The second kappa shape index (κ2) is 8.24. The molecule has 0 bridgehead atoms. The van der Waals surface area contributed by atoms with Crippen molar-refractivity contribution in [2.24, 2.45) is 0 Å². The molecule has 0 aromatic heterocycles. The average Bonchev–Trinajstić information content (AvgIpc) is 2.55. The molecule has 1 aromatic carbocycles. The Labute approximate surface area is 140 Å². The fourth-order valence-electron chi connectivity index (χ4n) is 2.80. The highest BCUT2D eigenvalue weighted by atomic mass is 32.2. The van der Waals surface area contributed by atoms with Crippen LogP contribution in [0, 0.1) is 0 Å². The van der Waals surface area contributed by atoms with Crippen LogP contribution in [0.15, 0.2) is 29.2 Å². The van der Waals surface area contributed by atoms with Crippen LogP contribution in [-0.4, -0.2) is 64.1 Å². The van der Waals surface area contributed by atoms with Crippen molar-refractivity contribution in [1.29, 1.82) is 0 Å². The van der Waals surface area contributed by atoms with E-state index >= 15 is 0 Å². The lowest BCUT2D eigenvalue weighted by Gasteiger charge is -2.34. The van der Waals surface area contributed by atoms with E-state index in [1.165, 1.54) is 0 Å². The molecule has 0 unspecified atom stereocenters. The number of hydrogen-bond donors (Lipinski definition) is 0. The first kappa shape index (κ1) is 18.4. The molecule has 1 saturated heterocycles. The minimum atomic E-state index is -3.37. The highest BCUT2D eigenvalue weighted by Crippen LogP contribution is 2.21. The zero-order chi connectivity index (χ0) is 16.9. The van der Waals surface area contributed by atoms with Gasteiger partial charge >= 0.3 is 0 Å². The minimum Gasteiger partial charge on any atom is -0.385 e. The van der Waals surface area contributed by atoms with Crippen LogP contribution in [0.25, 0.3) is 0 Å². The summed E-state index contributed by atoms with van der Waals surface area (Å²) in [5, 5.41) is 0. The molecule has 1 aliphatic heterocycles. The topological polar surface area (TPSA) is 49.9 Å². The van der Waals surface area contributed by atoms with Crippen molar-refractivity contribution in [3.63, 3.8) is 0 Å². The zero-order valence-electron chi connectivity index (χ0n) is 14.4. The SMILES string of the molecule is COCCCN1CCN(S(=O)(=O)c2ccc(C(C)C)cc2)CC1. The van der Waals surface area contributed by atoms with E-state index in [4.69, 9.17) is 4.74 Å². The van der Waals surface area contributed by atoms with Crippen LogP contribution in [0.5, 0.6) is 0 Å². The fourth-order valence-corrected chi connectivity index (χ4v) is 4.22. The normalized spacial score (nSPS) is 17.7. The second-order valence-corrected chi connectivity index (χ2v) is 8.25. The van der Waals surface area contributed by atoms with Crippen LogP contribution in [0.3, 0.4) is 0 Å². The minimum absolute atomic E-state index is 0.398. The molecule has 0 aliphatic carbocycles. The van der Waals surface area contributed by atoms with Crippen molar-refractivity contribution < 1.29 is 13.2 Å². The van der Waals surface area contributed by atoms with E-state index < -0.39 is 10.0 Å². The van der Waals surface area contributed by atoms with Gasteiger partial charge < -0.3 is 9.64 Å². The van der Waals surface area contributed by atoms with E-state index in [9.17, 15) is 8.42 Å². The van der Waals surface area contributed by atoms with Crippen LogP contribution >= 0.6 is 0 Å². The summed E-state index contributed by atoms with van der Waals surface area (Å²) in [7, 11) is -1.67. The number of ether oxygens (including phenoxy) is 1. The van der Waals surface area contributed by atoms with Gasteiger partial charge in [0.25, 0.3) is 0 Å². The zero-order valence-corrected chi connectivity index (χ0v) is 15.2. The van der Waals surface area contributed by atoms with E-state index in [2.05, 4.69) is 18.7 Å². The number of nitrogens with zero attached hydrogens (tertiary/aromatic N) is 2. The van der Waals surface area contributed by atoms with E-state index in [1.54, 1.807) is 23.5 Å². The van der Waals surface area contributed by atoms with Gasteiger partial charge in [0.05, 0.1) is 4.90 Å². The summed E-state index contributed by atoms with van der Waals surface area (Å²) in [5.41, 5.74) is 1.16. The summed E-state index contributed by atoms with van der Waals surface area (Å²) in [6.07, 6.45) is 0.986. The van der Waals surface area contributed by atoms with Gasteiger partial charge in [-0.05, 0) is 30.0 Å². The molecule has 23 heavy (non-hydrogen) atoms. The lowest BCUT2D eigenvalue weighted by atomic mass is 10.0. The van der Waals surface area contributed by atoms with Gasteiger partial charge in [0.2, 0.25) is 10.0 Å². The van der Waals surface area contributed by atoms with Gasteiger partial charge in [-0.15, -0.1) is 0 Å². The maximum atomic E-state index is 12.7. The first-order valence-electron chi connectivity index (χ1n) is 8.26. The predicted octanol–water partition coefficient (Wildman–Crippen LogP) is 2.15. The maximum absolute atomic E-state index is 12.7. The third-order valence-electron chi connectivity index (χ3n) is 4.34. The summed E-state index contributed by atoms with van der Waals surface area (Å²) >= 11 is 0. The Kier molecular flexibility index (Phi) is 6.59. The molecule has 0 amide bonds. The molecule has 1 heterocycles. The molecule has 1 aromatic rings. The van der Waals surface area contributed by atoms with Gasteiger partial charge in [-0.25, -0.2) is 8.42 Å². The Balaban J connectivity index is 1.96. The van der Waals surface area contributed by atoms with Crippen LogP contribution < -0.4 is 0 Å². The molecule has 0 N–H and O–H groups in total. The summed E-state index contributed by atoms with van der Waals surface area (Å²) in [6.45, 7) is 8.60. The number of methoxy groups -OCH3 is 1. The standard InChI is InChI=1S/C17H28N2O3S/c1-15(2)16-5-7-17(8-6-16)23(20,21)19-12-10-18(11-13-19)9-4-14-22-3/h5-8,15H,4,9-14H2,1-3H3. The van der Waals surface area contributed by atoms with E-state index in [1.807, 2.05) is 12.1 Å². The highest BCUT2D eigenvalue weighted by Gasteiger charge is 2.28. The third kappa shape index (κ3) is 4.76. The Morgan fingerprint density at radius 1 is 1.09 bits per heavy atom. The van der Waals surface area contributed by atoms with E-state index in [-0.39, 0.29) is 0 Å². The average molecular weight is 340 g/mol. The summed E-state index contributed by atoms with van der Waals surface area (Å²) in [6, 6.07) is 7.29. The van der Waals surface area contributed by atoms with Crippen molar-refractivity contribution in [1.82, 2.24) is 9.21 Å². The van der Waals surface area contributed by atoms with Crippen LogP contribution in [0.1, 0.15) is 31.7 Å². The lowest BCUT2D eigenvalue weighted by Crippen LogP contribution is -2.48. The van der Waals surface area contributed by atoms with Crippen LogP contribution in [0.2, 0.25) is 0 Å². The number of hydrogen-bond acceptors (Lipinski definition) is 4. The van der Waals surface area contributed by atoms with Crippen LogP contribution in [-0.2, 0) is 14.8 Å². The quantitative estimate of drug-likeness (QED) is 0.714. The molecule has 6 heteroatoms. The Morgan fingerprint density at radius 2 is 1.70 bits per heavy atom. The molecular formula is C17H28N2O3S. The molecule has 130 valence electrons. The smallest absolute Gasteiger partial charge is 0.243 e. The molecular weight excluding hydrogens is 312 g/mol. The van der Waals surface area contributed by atoms with Gasteiger partial charge in [0.15, 0.2) is 0 Å². The Hall–Kier alpha value is -0.950. The lowest BCUT2D eigenvalue weighted by molar-refractivity contribution is 0.149. The number of benzene rings is 1. The molecule has 1 aliphatic rings. The largest absolute Gasteiger partial charge is 0.385 e. The maximum Gasteiger partial charge on any atom is 0.243 e. The molecule has 0 spiro atoms. The monoisotopic (exact) mass is 340 g/mol. The number of sulfonamides is 1. The number of piperazine rings is 1. The number of rotatable bonds is 7. The van der Waals surface area contributed by atoms with Crippen molar-refractivity contribution in [3.8, 4) is 0 Å².